The van der Waals surface area contributed by atoms with Crippen LogP contribution >= 0.6 is 11.6 Å². The molecular weight excluding hydrogens is 292 g/mol. The zero-order chi connectivity index (χ0) is 15.2. The van der Waals surface area contributed by atoms with Gasteiger partial charge in [0.05, 0.1) is 19.3 Å². The molecule has 21 heavy (non-hydrogen) atoms. The molecule has 0 spiro atoms. The Labute approximate surface area is 130 Å². The first-order chi connectivity index (χ1) is 10.1. The van der Waals surface area contributed by atoms with E-state index in [0.29, 0.717) is 24.7 Å². The predicted octanol–water partition coefficient (Wildman–Crippen LogP) is 1.60. The molecule has 1 amide bonds. The van der Waals surface area contributed by atoms with Gasteiger partial charge in [0.25, 0.3) is 0 Å². The van der Waals surface area contributed by atoms with Crippen molar-refractivity contribution in [2.45, 2.75) is 32.1 Å². The smallest absolute Gasteiger partial charge is 0.239 e. The van der Waals surface area contributed by atoms with Gasteiger partial charge in [-0.1, -0.05) is 11.6 Å². The van der Waals surface area contributed by atoms with Gasteiger partial charge in [0.15, 0.2) is 0 Å². The number of rotatable bonds is 5. The predicted molar refractivity (Wildman–Crippen MR) is 81.8 cm³/mol. The van der Waals surface area contributed by atoms with Crippen LogP contribution in [0, 0.1) is 0 Å². The summed E-state index contributed by atoms with van der Waals surface area (Å²) in [6, 6.07) is 6.85. The molecule has 0 saturated carbocycles. The summed E-state index contributed by atoms with van der Waals surface area (Å²) in [7, 11) is 0. The fraction of sp³-hybridized carbons (Fsp3) is 0.533. The van der Waals surface area contributed by atoms with Crippen LogP contribution in [0.3, 0.4) is 0 Å². The Morgan fingerprint density at radius 1 is 1.52 bits per heavy atom. The molecule has 0 bridgehead atoms. The molecule has 6 heteroatoms. The van der Waals surface area contributed by atoms with Crippen LogP contribution in [-0.4, -0.2) is 43.9 Å². The summed E-state index contributed by atoms with van der Waals surface area (Å²) in [6.45, 7) is 5.57. The van der Waals surface area contributed by atoms with Crippen LogP contribution in [0.4, 0.5) is 0 Å². The number of amides is 1. The van der Waals surface area contributed by atoms with Gasteiger partial charge in [0.1, 0.15) is 17.9 Å². The van der Waals surface area contributed by atoms with Gasteiger partial charge < -0.3 is 20.1 Å². The number of hydrogen-bond donors (Lipinski definition) is 2. The summed E-state index contributed by atoms with van der Waals surface area (Å²) < 4.78 is 11.2. The van der Waals surface area contributed by atoms with E-state index in [4.69, 9.17) is 21.1 Å². The van der Waals surface area contributed by atoms with Crippen molar-refractivity contribution in [3.63, 3.8) is 0 Å². The van der Waals surface area contributed by atoms with Crippen molar-refractivity contribution in [2.75, 3.05) is 19.7 Å². The number of ether oxygens (including phenoxy) is 2. The quantitative estimate of drug-likeness (QED) is 0.867. The van der Waals surface area contributed by atoms with Gasteiger partial charge in [0, 0.05) is 11.6 Å². The highest BCUT2D eigenvalue weighted by Gasteiger charge is 2.28. The van der Waals surface area contributed by atoms with E-state index in [1.165, 1.54) is 0 Å². The van der Waals surface area contributed by atoms with Crippen LogP contribution in [0.15, 0.2) is 24.3 Å². The van der Waals surface area contributed by atoms with E-state index in [1.807, 2.05) is 13.8 Å². The number of carbonyl (C=O) groups excluding carboxylic acids is 1. The molecule has 1 aromatic carbocycles. The van der Waals surface area contributed by atoms with Gasteiger partial charge in [-0.3, -0.25) is 4.79 Å². The minimum absolute atomic E-state index is 0.0613. The number of carbonyl (C=O) groups is 1. The maximum absolute atomic E-state index is 12.1. The van der Waals surface area contributed by atoms with Gasteiger partial charge in [-0.05, 0) is 38.1 Å². The Morgan fingerprint density at radius 3 is 2.90 bits per heavy atom. The molecule has 1 fully saturated rings. The number of halogens is 1. The van der Waals surface area contributed by atoms with Crippen molar-refractivity contribution in [3.8, 4) is 5.75 Å². The minimum Gasteiger partial charge on any atom is -0.489 e. The summed E-state index contributed by atoms with van der Waals surface area (Å²) >= 11 is 5.82. The Bertz CT molecular complexity index is 466. The average molecular weight is 313 g/mol. The van der Waals surface area contributed by atoms with Crippen molar-refractivity contribution < 1.29 is 14.3 Å². The number of nitrogens with one attached hydrogen (secondary N) is 2. The lowest BCUT2D eigenvalue weighted by Crippen LogP contribution is -2.56. The molecule has 1 heterocycles. The second kappa shape index (κ2) is 7.64. The third-order valence-corrected chi connectivity index (χ3v) is 3.57. The average Bonchev–Trinajstić information content (AvgIpc) is 2.48. The summed E-state index contributed by atoms with van der Waals surface area (Å²) in [5.41, 5.74) is 0. The highest BCUT2D eigenvalue weighted by molar-refractivity contribution is 6.30. The zero-order valence-corrected chi connectivity index (χ0v) is 13.0. The lowest BCUT2D eigenvalue weighted by Gasteiger charge is -2.29. The van der Waals surface area contributed by atoms with Crippen LogP contribution in [0.5, 0.6) is 5.75 Å². The first-order valence-electron chi connectivity index (χ1n) is 7.11. The lowest BCUT2D eigenvalue weighted by molar-refractivity contribution is -0.129. The molecule has 0 aliphatic carbocycles. The van der Waals surface area contributed by atoms with Crippen molar-refractivity contribution in [1.82, 2.24) is 10.6 Å². The largest absolute Gasteiger partial charge is 0.489 e. The van der Waals surface area contributed by atoms with E-state index < -0.39 is 0 Å². The van der Waals surface area contributed by atoms with Crippen molar-refractivity contribution in [3.05, 3.63) is 29.3 Å². The number of benzene rings is 1. The van der Waals surface area contributed by atoms with Gasteiger partial charge in [-0.25, -0.2) is 0 Å². The molecule has 0 aromatic heterocycles. The Balaban J connectivity index is 1.76. The SMILES string of the molecule is CC(CNC(=O)[C@H]1NCCO[C@@H]1C)Oc1ccc(Cl)cc1. The first kappa shape index (κ1) is 16.1. The van der Waals surface area contributed by atoms with Crippen molar-refractivity contribution in [2.24, 2.45) is 0 Å². The monoisotopic (exact) mass is 312 g/mol. The topological polar surface area (TPSA) is 59.6 Å². The Morgan fingerprint density at radius 2 is 2.24 bits per heavy atom. The lowest BCUT2D eigenvalue weighted by atomic mass is 10.1. The molecule has 1 aromatic rings. The van der Waals surface area contributed by atoms with Gasteiger partial charge in [-0.15, -0.1) is 0 Å². The van der Waals surface area contributed by atoms with Crippen molar-refractivity contribution >= 4 is 17.5 Å². The molecule has 2 N–H and O–H groups in total. The van der Waals surface area contributed by atoms with Crippen LogP contribution in [0.25, 0.3) is 0 Å². The first-order valence-corrected chi connectivity index (χ1v) is 7.49. The standard InChI is InChI=1S/C15H21ClN2O3/c1-10(21-13-5-3-12(16)4-6-13)9-18-15(19)14-11(2)20-8-7-17-14/h3-6,10-11,14,17H,7-9H2,1-2H3,(H,18,19)/t10?,11-,14+/m1/s1. The van der Waals surface area contributed by atoms with Crippen LogP contribution < -0.4 is 15.4 Å². The van der Waals surface area contributed by atoms with Gasteiger partial charge >= 0.3 is 0 Å². The molecule has 1 aliphatic rings. The molecule has 3 atom stereocenters. The highest BCUT2D eigenvalue weighted by Crippen LogP contribution is 2.16. The van der Waals surface area contributed by atoms with E-state index in [2.05, 4.69) is 10.6 Å². The zero-order valence-electron chi connectivity index (χ0n) is 12.3. The second-order valence-corrected chi connectivity index (χ2v) is 5.57. The fourth-order valence-electron chi connectivity index (χ4n) is 2.17. The maximum Gasteiger partial charge on any atom is 0.239 e. The molecule has 1 saturated heterocycles. The number of hydrogen-bond acceptors (Lipinski definition) is 4. The Kier molecular flexibility index (Phi) is 5.85. The molecule has 1 unspecified atom stereocenters. The van der Waals surface area contributed by atoms with E-state index in [-0.39, 0.29) is 24.2 Å². The van der Waals surface area contributed by atoms with Crippen LogP contribution in [0.2, 0.25) is 5.02 Å². The maximum atomic E-state index is 12.1. The Hall–Kier alpha value is -1.30. The molecule has 1 aliphatic heterocycles. The van der Waals surface area contributed by atoms with E-state index in [9.17, 15) is 4.79 Å². The van der Waals surface area contributed by atoms with E-state index in [0.717, 1.165) is 5.75 Å². The van der Waals surface area contributed by atoms with Gasteiger partial charge in [0.2, 0.25) is 5.91 Å². The van der Waals surface area contributed by atoms with Crippen molar-refractivity contribution in [1.29, 1.82) is 0 Å². The summed E-state index contributed by atoms with van der Waals surface area (Å²) in [6.07, 6.45) is -0.249. The van der Waals surface area contributed by atoms with Crippen LogP contribution in [0.1, 0.15) is 13.8 Å². The van der Waals surface area contributed by atoms with Crippen LogP contribution in [-0.2, 0) is 9.53 Å². The second-order valence-electron chi connectivity index (χ2n) is 5.14. The highest BCUT2D eigenvalue weighted by atomic mass is 35.5. The van der Waals surface area contributed by atoms with E-state index in [1.54, 1.807) is 24.3 Å². The third-order valence-electron chi connectivity index (χ3n) is 3.31. The molecule has 0 radical (unpaired) electrons. The molecule has 116 valence electrons. The van der Waals surface area contributed by atoms with E-state index >= 15 is 0 Å². The third kappa shape index (κ3) is 4.88. The number of morpholine rings is 1. The molecule has 5 nitrogen and oxygen atoms in total. The molecule has 2 rings (SSSR count). The molecular formula is C15H21ClN2O3. The summed E-state index contributed by atoms with van der Waals surface area (Å²) in [4.78, 5) is 12.1. The normalized spacial score (nSPS) is 23.4. The minimum atomic E-state index is -0.304. The summed E-state index contributed by atoms with van der Waals surface area (Å²) in [5, 5.41) is 6.70. The van der Waals surface area contributed by atoms with Gasteiger partial charge in [-0.2, -0.15) is 0 Å². The summed E-state index contributed by atoms with van der Waals surface area (Å²) in [5.74, 6) is 0.669. The fourth-order valence-corrected chi connectivity index (χ4v) is 2.29.